The Kier molecular flexibility index (Phi) is 5.91. The van der Waals surface area contributed by atoms with Crippen LogP contribution in [0.2, 0.25) is 0 Å². The third-order valence-electron chi connectivity index (χ3n) is 5.50. The Bertz CT molecular complexity index is 1250. The van der Waals surface area contributed by atoms with E-state index in [1.54, 1.807) is 28.8 Å². The van der Waals surface area contributed by atoms with Gasteiger partial charge in [-0.25, -0.2) is 4.98 Å². The average Bonchev–Trinajstić information content (AvgIpc) is 3.47. The molecule has 1 aromatic carbocycles. The summed E-state index contributed by atoms with van der Waals surface area (Å²) in [6.07, 6.45) is 4.77. The predicted octanol–water partition coefficient (Wildman–Crippen LogP) is 3.62. The number of aliphatic hydroxyl groups is 1. The number of rotatable bonds is 8. The maximum absolute atomic E-state index is 13.2. The number of nitrogens with one attached hydrogen (secondary N) is 1. The van der Waals surface area contributed by atoms with Crippen molar-refractivity contribution in [2.75, 3.05) is 7.11 Å². The van der Waals surface area contributed by atoms with Gasteiger partial charge in [0.05, 0.1) is 37.1 Å². The number of halogens is 2. The van der Waals surface area contributed by atoms with Gasteiger partial charge in [-0.05, 0) is 49.6 Å². The zero-order valence-electron chi connectivity index (χ0n) is 18.0. The number of carbonyl (C=O) groups excluding carboxylic acids is 1. The number of alkyl halides is 2. The maximum Gasteiger partial charge on any atom is 0.387 e. The highest BCUT2D eigenvalue weighted by Crippen LogP contribution is 2.37. The molecule has 1 aliphatic rings. The standard InChI is InChI=1S/C23H22F2N4O4/c1-23(31,6-7-26)14-5-8-29-16(12-27-19(29)11-14)13-9-17(32-2)20(18(10-13)33-22(24)25)21(30)28-15-3-4-15/h5,8-12,15,22,31H,3-4,6H2,1-2H3,(H,28,30). The molecule has 0 bridgehead atoms. The number of fused-ring (bicyclic) bond motifs is 1. The van der Waals surface area contributed by atoms with Crippen LogP contribution in [0.15, 0.2) is 36.7 Å². The molecule has 2 aromatic heterocycles. The number of ether oxygens (including phenoxy) is 2. The van der Waals surface area contributed by atoms with E-state index in [2.05, 4.69) is 15.0 Å². The summed E-state index contributed by atoms with van der Waals surface area (Å²) in [6.45, 7) is -1.60. The number of nitriles is 1. The lowest BCUT2D eigenvalue weighted by atomic mass is 9.94. The Labute approximate surface area is 188 Å². The van der Waals surface area contributed by atoms with Gasteiger partial charge < -0.3 is 19.9 Å². The van der Waals surface area contributed by atoms with Crippen molar-refractivity contribution >= 4 is 11.6 Å². The van der Waals surface area contributed by atoms with Crippen molar-refractivity contribution < 1.29 is 28.2 Å². The first-order valence-corrected chi connectivity index (χ1v) is 10.3. The average molecular weight is 456 g/mol. The van der Waals surface area contributed by atoms with E-state index in [0.717, 1.165) is 12.8 Å². The van der Waals surface area contributed by atoms with E-state index in [9.17, 15) is 18.7 Å². The Hall–Kier alpha value is -3.71. The summed E-state index contributed by atoms with van der Waals surface area (Å²) >= 11 is 0. The number of hydrogen-bond acceptors (Lipinski definition) is 6. The summed E-state index contributed by atoms with van der Waals surface area (Å²) in [5.74, 6) is -0.759. The molecular weight excluding hydrogens is 434 g/mol. The van der Waals surface area contributed by atoms with Crippen LogP contribution in [0.1, 0.15) is 42.1 Å². The molecule has 8 nitrogen and oxygen atoms in total. The summed E-state index contributed by atoms with van der Waals surface area (Å²) in [5.41, 5.74) is 0.516. The van der Waals surface area contributed by atoms with Crippen molar-refractivity contribution in [2.24, 2.45) is 0 Å². The highest BCUT2D eigenvalue weighted by atomic mass is 19.3. The van der Waals surface area contributed by atoms with Crippen molar-refractivity contribution in [3.05, 3.63) is 47.8 Å². The number of hydrogen-bond donors (Lipinski definition) is 2. The first-order chi connectivity index (χ1) is 15.7. The third-order valence-corrected chi connectivity index (χ3v) is 5.50. The summed E-state index contributed by atoms with van der Waals surface area (Å²) in [6, 6.07) is 8.18. The molecular formula is C23H22F2N4O4. The van der Waals surface area contributed by atoms with Crippen LogP contribution in [0, 0.1) is 11.3 Å². The minimum Gasteiger partial charge on any atom is -0.496 e. The molecule has 0 spiro atoms. The molecule has 3 aromatic rings. The molecule has 1 amide bonds. The predicted molar refractivity (Wildman–Crippen MR) is 114 cm³/mol. The highest BCUT2D eigenvalue weighted by Gasteiger charge is 2.29. The number of imidazole rings is 1. The largest absolute Gasteiger partial charge is 0.496 e. The highest BCUT2D eigenvalue weighted by molar-refractivity contribution is 6.01. The topological polar surface area (TPSA) is 109 Å². The number of carbonyl (C=O) groups is 1. The Morgan fingerprint density at radius 2 is 2.12 bits per heavy atom. The lowest BCUT2D eigenvalue weighted by Gasteiger charge is -2.20. The number of nitrogens with zero attached hydrogens (tertiary/aromatic N) is 3. The first kappa shape index (κ1) is 22.5. The molecule has 10 heteroatoms. The zero-order valence-corrected chi connectivity index (χ0v) is 18.0. The summed E-state index contributed by atoms with van der Waals surface area (Å²) in [5, 5.41) is 22.2. The second kappa shape index (κ2) is 8.67. The van der Waals surface area contributed by atoms with Crippen LogP contribution >= 0.6 is 0 Å². The Morgan fingerprint density at radius 3 is 2.76 bits per heavy atom. The molecule has 2 N–H and O–H groups in total. The molecule has 33 heavy (non-hydrogen) atoms. The van der Waals surface area contributed by atoms with Gasteiger partial charge in [-0.1, -0.05) is 0 Å². The van der Waals surface area contributed by atoms with Gasteiger partial charge in [0.15, 0.2) is 0 Å². The lowest BCUT2D eigenvalue weighted by Crippen LogP contribution is -2.26. The van der Waals surface area contributed by atoms with Gasteiger partial charge in [-0.15, -0.1) is 0 Å². The van der Waals surface area contributed by atoms with Gasteiger partial charge in [0.1, 0.15) is 22.7 Å². The van der Waals surface area contributed by atoms with Gasteiger partial charge in [0.2, 0.25) is 0 Å². The molecule has 1 unspecified atom stereocenters. The van der Waals surface area contributed by atoms with Gasteiger partial charge in [0, 0.05) is 17.8 Å². The quantitative estimate of drug-likeness (QED) is 0.536. The second-order valence-electron chi connectivity index (χ2n) is 8.07. The fraction of sp³-hybridized carbons (Fsp3) is 0.348. The lowest BCUT2D eigenvalue weighted by molar-refractivity contribution is -0.0502. The van der Waals surface area contributed by atoms with Gasteiger partial charge in [-0.3, -0.25) is 9.20 Å². The molecule has 0 radical (unpaired) electrons. The third kappa shape index (κ3) is 4.59. The van der Waals surface area contributed by atoms with E-state index in [1.807, 2.05) is 6.07 Å². The summed E-state index contributed by atoms with van der Waals surface area (Å²) in [7, 11) is 1.34. The van der Waals surface area contributed by atoms with E-state index in [1.165, 1.54) is 26.3 Å². The van der Waals surface area contributed by atoms with Crippen LogP contribution < -0.4 is 14.8 Å². The van der Waals surface area contributed by atoms with Gasteiger partial charge in [-0.2, -0.15) is 14.0 Å². The van der Waals surface area contributed by atoms with Crippen LogP contribution in [-0.4, -0.2) is 40.2 Å². The van der Waals surface area contributed by atoms with Crippen molar-refractivity contribution in [1.29, 1.82) is 5.26 Å². The molecule has 1 aliphatic carbocycles. The minimum absolute atomic E-state index is 0.0208. The van der Waals surface area contributed by atoms with Crippen LogP contribution in [-0.2, 0) is 5.60 Å². The van der Waals surface area contributed by atoms with E-state index >= 15 is 0 Å². The summed E-state index contributed by atoms with van der Waals surface area (Å²) < 4.78 is 38.1. The van der Waals surface area contributed by atoms with Gasteiger partial charge in [0.25, 0.3) is 5.91 Å². The SMILES string of the molecule is COc1cc(-c2cnc3cc(C(C)(O)CC#N)ccn23)cc(OC(F)F)c1C(=O)NC1CC1. The van der Waals surface area contributed by atoms with Crippen LogP contribution in [0.3, 0.4) is 0 Å². The number of amides is 1. The molecule has 0 saturated heterocycles. The molecule has 1 saturated carbocycles. The molecule has 4 rings (SSSR count). The fourth-order valence-electron chi connectivity index (χ4n) is 3.58. The minimum atomic E-state index is -3.13. The van der Waals surface area contributed by atoms with Crippen molar-refractivity contribution in [3.63, 3.8) is 0 Å². The summed E-state index contributed by atoms with van der Waals surface area (Å²) in [4.78, 5) is 17.0. The van der Waals surface area contributed by atoms with Crippen molar-refractivity contribution in [3.8, 4) is 28.8 Å². The molecule has 1 atom stereocenters. The van der Waals surface area contributed by atoms with E-state index < -0.39 is 18.1 Å². The van der Waals surface area contributed by atoms with Crippen LogP contribution in [0.5, 0.6) is 11.5 Å². The van der Waals surface area contributed by atoms with Crippen LogP contribution in [0.25, 0.3) is 16.9 Å². The van der Waals surface area contributed by atoms with E-state index in [-0.39, 0.29) is 29.5 Å². The fourth-order valence-corrected chi connectivity index (χ4v) is 3.58. The van der Waals surface area contributed by atoms with Crippen molar-refractivity contribution in [1.82, 2.24) is 14.7 Å². The maximum atomic E-state index is 13.2. The molecule has 0 aliphatic heterocycles. The number of aromatic nitrogens is 2. The van der Waals surface area contributed by atoms with E-state index in [4.69, 9.17) is 10.00 Å². The zero-order chi connectivity index (χ0) is 23.8. The van der Waals surface area contributed by atoms with Crippen molar-refractivity contribution in [2.45, 2.75) is 44.4 Å². The molecule has 2 heterocycles. The van der Waals surface area contributed by atoms with E-state index in [0.29, 0.717) is 22.5 Å². The Balaban J connectivity index is 1.79. The monoisotopic (exact) mass is 456 g/mol. The smallest absolute Gasteiger partial charge is 0.387 e. The number of pyridine rings is 1. The first-order valence-electron chi connectivity index (χ1n) is 10.3. The number of benzene rings is 1. The van der Waals surface area contributed by atoms with Gasteiger partial charge >= 0.3 is 6.61 Å². The van der Waals surface area contributed by atoms with Crippen LogP contribution in [0.4, 0.5) is 8.78 Å². The second-order valence-corrected chi connectivity index (χ2v) is 8.07. The number of methoxy groups -OCH3 is 1. The Morgan fingerprint density at radius 1 is 1.39 bits per heavy atom. The molecule has 1 fully saturated rings. The normalized spacial score (nSPS) is 15.2. The molecule has 172 valence electrons.